The highest BCUT2D eigenvalue weighted by Gasteiger charge is 2.09. The van der Waals surface area contributed by atoms with Crippen molar-refractivity contribution in [3.8, 4) is 0 Å². The van der Waals surface area contributed by atoms with Gasteiger partial charge < -0.3 is 20.4 Å². The lowest BCUT2D eigenvalue weighted by Gasteiger charge is -2.07. The van der Waals surface area contributed by atoms with Gasteiger partial charge >= 0.3 is 0 Å². The first-order valence-electron chi connectivity index (χ1n) is 6.48. The fraction of sp³-hybridized carbons (Fsp3) is 0.133. The fourth-order valence-corrected chi connectivity index (χ4v) is 1.76. The number of pyridine rings is 1. The van der Waals surface area contributed by atoms with E-state index in [1.807, 2.05) is 0 Å². The molecular weight excluding hydrogens is 286 g/mol. The molecule has 0 saturated heterocycles. The van der Waals surface area contributed by atoms with Crippen molar-refractivity contribution in [3.05, 3.63) is 58.5 Å². The third-order valence-electron chi connectivity index (χ3n) is 2.76. The third kappa shape index (κ3) is 4.03. The molecule has 0 aliphatic carbocycles. The Kier molecular flexibility index (Phi) is 5.05. The van der Waals surface area contributed by atoms with Crippen molar-refractivity contribution in [1.82, 2.24) is 4.98 Å². The van der Waals surface area contributed by atoms with Crippen molar-refractivity contribution in [2.75, 3.05) is 24.4 Å². The number of rotatable bonds is 5. The first-order valence-corrected chi connectivity index (χ1v) is 6.48. The Hall–Kier alpha value is -2.93. The summed E-state index contributed by atoms with van der Waals surface area (Å²) in [7, 11) is 1.43. The van der Waals surface area contributed by atoms with Crippen molar-refractivity contribution in [3.63, 3.8) is 0 Å². The van der Waals surface area contributed by atoms with E-state index in [-0.39, 0.29) is 18.1 Å². The average molecular weight is 301 g/mol. The number of aromatic nitrogens is 1. The highest BCUT2D eigenvalue weighted by atomic mass is 16.5. The molecule has 0 fully saturated rings. The molecule has 1 aromatic heterocycles. The standard InChI is InChI=1S/C15H15N3O4/c1-22-9-13(19)17-10-4-6-11(7-5-10)18-15(21)12-3-2-8-16-14(12)20/h2-8H,9H2,1H3,(H,16,20)(H,17,19)(H,18,21). The van der Waals surface area contributed by atoms with Crippen molar-refractivity contribution in [2.45, 2.75) is 0 Å². The zero-order valence-electron chi connectivity index (χ0n) is 11.9. The van der Waals surface area contributed by atoms with Crippen LogP contribution in [0.2, 0.25) is 0 Å². The second kappa shape index (κ2) is 7.19. The predicted molar refractivity (Wildman–Crippen MR) is 82.0 cm³/mol. The number of aromatic amines is 1. The van der Waals surface area contributed by atoms with Crippen LogP contribution in [0.4, 0.5) is 11.4 Å². The van der Waals surface area contributed by atoms with Gasteiger partial charge in [0, 0.05) is 24.7 Å². The van der Waals surface area contributed by atoms with Gasteiger partial charge in [0.2, 0.25) is 5.91 Å². The zero-order valence-corrected chi connectivity index (χ0v) is 11.9. The number of hydrogen-bond donors (Lipinski definition) is 3. The number of amides is 2. The van der Waals surface area contributed by atoms with Crippen LogP contribution >= 0.6 is 0 Å². The summed E-state index contributed by atoms with van der Waals surface area (Å²) < 4.78 is 4.71. The monoisotopic (exact) mass is 301 g/mol. The summed E-state index contributed by atoms with van der Waals surface area (Å²) in [5, 5.41) is 5.24. The lowest BCUT2D eigenvalue weighted by atomic mass is 10.2. The smallest absolute Gasteiger partial charge is 0.261 e. The molecule has 1 heterocycles. The summed E-state index contributed by atoms with van der Waals surface area (Å²) >= 11 is 0. The molecule has 2 aromatic rings. The molecule has 0 bridgehead atoms. The Balaban J connectivity index is 2.02. The molecule has 0 aliphatic rings. The maximum Gasteiger partial charge on any atom is 0.261 e. The number of benzene rings is 1. The molecular formula is C15H15N3O4. The van der Waals surface area contributed by atoms with Crippen LogP contribution in [0.15, 0.2) is 47.4 Å². The molecule has 2 rings (SSSR count). The summed E-state index contributed by atoms with van der Waals surface area (Å²) in [6.07, 6.45) is 1.45. The molecule has 0 aliphatic heterocycles. The summed E-state index contributed by atoms with van der Waals surface area (Å²) in [5.41, 5.74) is 0.666. The normalized spacial score (nSPS) is 10.0. The Morgan fingerprint density at radius 2 is 1.73 bits per heavy atom. The molecule has 1 aromatic carbocycles. The Labute approximate surface area is 126 Å². The van der Waals surface area contributed by atoms with Crippen molar-refractivity contribution < 1.29 is 14.3 Å². The molecule has 114 valence electrons. The largest absolute Gasteiger partial charge is 0.375 e. The van der Waals surface area contributed by atoms with Crippen molar-refractivity contribution in [1.29, 1.82) is 0 Å². The minimum atomic E-state index is -0.502. The van der Waals surface area contributed by atoms with Gasteiger partial charge in [-0.25, -0.2) is 0 Å². The predicted octanol–water partition coefficient (Wildman–Crippen LogP) is 1.21. The maximum absolute atomic E-state index is 12.0. The van der Waals surface area contributed by atoms with E-state index >= 15 is 0 Å². The fourth-order valence-electron chi connectivity index (χ4n) is 1.76. The van der Waals surface area contributed by atoms with Gasteiger partial charge in [-0.15, -0.1) is 0 Å². The van der Waals surface area contributed by atoms with Crippen LogP contribution < -0.4 is 16.2 Å². The number of H-pyrrole nitrogens is 1. The quantitative estimate of drug-likeness (QED) is 0.772. The number of hydrogen-bond acceptors (Lipinski definition) is 4. The first kappa shape index (κ1) is 15.5. The van der Waals surface area contributed by atoms with E-state index in [9.17, 15) is 14.4 Å². The average Bonchev–Trinajstić information content (AvgIpc) is 2.50. The van der Waals surface area contributed by atoms with E-state index in [1.165, 1.54) is 19.4 Å². The lowest BCUT2D eigenvalue weighted by Crippen LogP contribution is -2.22. The summed E-state index contributed by atoms with van der Waals surface area (Å²) in [6.45, 7) is -0.0325. The third-order valence-corrected chi connectivity index (χ3v) is 2.76. The Morgan fingerprint density at radius 1 is 1.09 bits per heavy atom. The van der Waals surface area contributed by atoms with Crippen molar-refractivity contribution in [2.24, 2.45) is 0 Å². The highest BCUT2D eigenvalue weighted by molar-refractivity contribution is 6.04. The van der Waals surface area contributed by atoms with Crippen LogP contribution in [0.1, 0.15) is 10.4 Å². The molecule has 2 amide bonds. The van der Waals surface area contributed by atoms with Gasteiger partial charge in [0.25, 0.3) is 11.5 Å². The van der Waals surface area contributed by atoms with Gasteiger partial charge in [0.1, 0.15) is 12.2 Å². The van der Waals surface area contributed by atoms with Gasteiger partial charge in [-0.2, -0.15) is 0 Å². The molecule has 22 heavy (non-hydrogen) atoms. The van der Waals surface area contributed by atoms with Gasteiger partial charge in [-0.3, -0.25) is 14.4 Å². The number of nitrogens with one attached hydrogen (secondary N) is 3. The van der Waals surface area contributed by atoms with E-state index in [0.29, 0.717) is 11.4 Å². The number of carbonyl (C=O) groups excluding carboxylic acids is 2. The second-order valence-corrected chi connectivity index (χ2v) is 4.43. The summed E-state index contributed by atoms with van der Waals surface area (Å²) in [5.74, 6) is -0.770. The molecule has 3 N–H and O–H groups in total. The van der Waals surface area contributed by atoms with Crippen LogP contribution in [0.5, 0.6) is 0 Å². The Morgan fingerprint density at radius 3 is 2.32 bits per heavy atom. The molecule has 0 atom stereocenters. The van der Waals surface area contributed by atoms with Gasteiger partial charge in [-0.1, -0.05) is 0 Å². The maximum atomic E-state index is 12.0. The molecule has 0 saturated carbocycles. The number of anilines is 2. The van der Waals surface area contributed by atoms with E-state index < -0.39 is 11.5 Å². The lowest BCUT2D eigenvalue weighted by molar-refractivity contribution is -0.119. The SMILES string of the molecule is COCC(=O)Nc1ccc(NC(=O)c2ccc[nH]c2=O)cc1. The van der Waals surface area contributed by atoms with E-state index in [1.54, 1.807) is 30.3 Å². The van der Waals surface area contributed by atoms with Gasteiger partial charge in [-0.05, 0) is 36.4 Å². The molecule has 0 unspecified atom stereocenters. The van der Waals surface area contributed by atoms with Crippen LogP contribution in [0.25, 0.3) is 0 Å². The van der Waals surface area contributed by atoms with Crippen LogP contribution in [0.3, 0.4) is 0 Å². The summed E-state index contributed by atoms with van der Waals surface area (Å²) in [4.78, 5) is 37.3. The Bertz CT molecular complexity index is 722. The number of carbonyl (C=O) groups is 2. The van der Waals surface area contributed by atoms with Crippen LogP contribution in [0, 0.1) is 0 Å². The number of methoxy groups -OCH3 is 1. The van der Waals surface area contributed by atoms with Gasteiger partial charge in [0.15, 0.2) is 0 Å². The van der Waals surface area contributed by atoms with Gasteiger partial charge in [0.05, 0.1) is 0 Å². The second-order valence-electron chi connectivity index (χ2n) is 4.43. The van der Waals surface area contributed by atoms with Crippen LogP contribution in [-0.4, -0.2) is 30.5 Å². The molecule has 0 radical (unpaired) electrons. The minimum Gasteiger partial charge on any atom is -0.375 e. The minimum absolute atomic E-state index is 0.0278. The highest BCUT2D eigenvalue weighted by Crippen LogP contribution is 2.14. The van der Waals surface area contributed by atoms with Crippen molar-refractivity contribution >= 4 is 23.2 Å². The number of ether oxygens (including phenoxy) is 1. The molecule has 0 spiro atoms. The first-order chi connectivity index (χ1) is 10.6. The topological polar surface area (TPSA) is 100 Å². The molecule has 7 nitrogen and oxygen atoms in total. The summed E-state index contributed by atoms with van der Waals surface area (Å²) in [6, 6.07) is 9.53. The van der Waals surface area contributed by atoms with E-state index in [4.69, 9.17) is 4.74 Å². The van der Waals surface area contributed by atoms with E-state index in [2.05, 4.69) is 15.6 Å². The van der Waals surface area contributed by atoms with Crippen LogP contribution in [-0.2, 0) is 9.53 Å². The van der Waals surface area contributed by atoms with E-state index in [0.717, 1.165) is 0 Å². The molecule has 7 heteroatoms. The zero-order chi connectivity index (χ0) is 15.9.